The molecule has 2 nitrogen and oxygen atoms in total. The highest BCUT2D eigenvalue weighted by atomic mass is 32.1. The SMILES string of the molecule is CCC(CC)CC(O)c1nccs1. The summed E-state index contributed by atoms with van der Waals surface area (Å²) in [5.74, 6) is 0.624. The molecule has 1 atom stereocenters. The first-order chi connectivity index (χ1) is 6.27. The third-order valence-corrected chi connectivity index (χ3v) is 3.32. The van der Waals surface area contributed by atoms with Gasteiger partial charge >= 0.3 is 0 Å². The molecule has 1 rings (SSSR count). The number of rotatable bonds is 5. The molecule has 0 radical (unpaired) electrons. The molecule has 0 saturated carbocycles. The molecule has 0 saturated heterocycles. The fourth-order valence-corrected chi connectivity index (χ4v) is 2.07. The Hall–Kier alpha value is -0.410. The highest BCUT2D eigenvalue weighted by molar-refractivity contribution is 7.09. The lowest BCUT2D eigenvalue weighted by molar-refractivity contribution is 0.141. The van der Waals surface area contributed by atoms with Crippen LogP contribution in [0, 0.1) is 5.92 Å². The van der Waals surface area contributed by atoms with Gasteiger partial charge in [-0.3, -0.25) is 0 Å². The molecule has 0 fully saturated rings. The van der Waals surface area contributed by atoms with Gasteiger partial charge in [0.15, 0.2) is 0 Å². The van der Waals surface area contributed by atoms with Crippen LogP contribution in [-0.2, 0) is 0 Å². The van der Waals surface area contributed by atoms with Gasteiger partial charge in [0, 0.05) is 11.6 Å². The van der Waals surface area contributed by atoms with Crippen LogP contribution < -0.4 is 0 Å². The zero-order valence-corrected chi connectivity index (χ0v) is 9.05. The van der Waals surface area contributed by atoms with E-state index in [0.29, 0.717) is 5.92 Å². The van der Waals surface area contributed by atoms with Gasteiger partial charge in [-0.2, -0.15) is 0 Å². The average Bonchev–Trinajstić information content (AvgIpc) is 2.66. The number of hydrogen-bond acceptors (Lipinski definition) is 3. The molecule has 1 unspecified atom stereocenters. The Labute approximate surface area is 83.6 Å². The molecule has 0 spiro atoms. The summed E-state index contributed by atoms with van der Waals surface area (Å²) in [7, 11) is 0. The van der Waals surface area contributed by atoms with E-state index in [1.54, 1.807) is 6.20 Å². The zero-order valence-electron chi connectivity index (χ0n) is 8.23. The van der Waals surface area contributed by atoms with Crippen LogP contribution in [-0.4, -0.2) is 10.1 Å². The largest absolute Gasteiger partial charge is 0.386 e. The van der Waals surface area contributed by atoms with Gasteiger partial charge in [-0.05, 0) is 12.3 Å². The van der Waals surface area contributed by atoms with Crippen LogP contribution in [0.25, 0.3) is 0 Å². The topological polar surface area (TPSA) is 33.1 Å². The third kappa shape index (κ3) is 3.08. The molecule has 1 heterocycles. The van der Waals surface area contributed by atoms with E-state index in [1.807, 2.05) is 5.38 Å². The van der Waals surface area contributed by atoms with E-state index in [9.17, 15) is 5.11 Å². The molecular weight excluding hydrogens is 182 g/mol. The van der Waals surface area contributed by atoms with Crippen molar-refractivity contribution in [2.75, 3.05) is 0 Å². The standard InChI is InChI=1S/C10H17NOS/c1-3-8(4-2)7-9(12)10-11-5-6-13-10/h5-6,8-9,12H,3-4,7H2,1-2H3. The summed E-state index contributed by atoms with van der Waals surface area (Å²) in [6.07, 6.45) is 4.51. The Bertz CT molecular complexity index is 219. The minimum absolute atomic E-state index is 0.357. The number of thiazole rings is 1. The first-order valence-electron chi connectivity index (χ1n) is 4.85. The monoisotopic (exact) mass is 199 g/mol. The van der Waals surface area contributed by atoms with E-state index in [4.69, 9.17) is 0 Å². The lowest BCUT2D eigenvalue weighted by Crippen LogP contribution is -2.05. The summed E-state index contributed by atoms with van der Waals surface area (Å²) in [6.45, 7) is 4.34. The van der Waals surface area contributed by atoms with E-state index < -0.39 is 0 Å². The van der Waals surface area contributed by atoms with Gasteiger partial charge in [0.2, 0.25) is 0 Å². The number of hydrogen-bond donors (Lipinski definition) is 1. The molecule has 0 bridgehead atoms. The molecule has 0 aliphatic rings. The van der Waals surface area contributed by atoms with E-state index in [2.05, 4.69) is 18.8 Å². The molecule has 1 N–H and O–H groups in total. The number of nitrogens with zero attached hydrogens (tertiary/aromatic N) is 1. The smallest absolute Gasteiger partial charge is 0.121 e. The third-order valence-electron chi connectivity index (χ3n) is 2.45. The second-order valence-electron chi connectivity index (χ2n) is 3.30. The minimum Gasteiger partial charge on any atom is -0.386 e. The highest BCUT2D eigenvalue weighted by Gasteiger charge is 2.14. The quantitative estimate of drug-likeness (QED) is 0.790. The highest BCUT2D eigenvalue weighted by Crippen LogP contribution is 2.25. The van der Waals surface area contributed by atoms with E-state index in [1.165, 1.54) is 11.3 Å². The van der Waals surface area contributed by atoms with Crippen molar-refractivity contribution >= 4 is 11.3 Å². The Balaban J connectivity index is 2.45. The van der Waals surface area contributed by atoms with Gasteiger partial charge < -0.3 is 5.11 Å². The Morgan fingerprint density at radius 3 is 2.62 bits per heavy atom. The lowest BCUT2D eigenvalue weighted by Gasteiger charge is -2.15. The van der Waals surface area contributed by atoms with Crippen molar-refractivity contribution in [3.8, 4) is 0 Å². The van der Waals surface area contributed by atoms with Crippen molar-refractivity contribution in [1.82, 2.24) is 4.98 Å². The fourth-order valence-electron chi connectivity index (χ4n) is 1.44. The van der Waals surface area contributed by atoms with E-state index in [-0.39, 0.29) is 6.10 Å². The minimum atomic E-state index is -0.357. The fraction of sp³-hybridized carbons (Fsp3) is 0.700. The summed E-state index contributed by atoms with van der Waals surface area (Å²) >= 11 is 1.53. The second-order valence-corrected chi connectivity index (χ2v) is 4.23. The summed E-state index contributed by atoms with van der Waals surface area (Å²) < 4.78 is 0. The summed E-state index contributed by atoms with van der Waals surface area (Å²) in [4.78, 5) is 4.11. The Kier molecular flexibility index (Phi) is 4.39. The molecule has 3 heteroatoms. The van der Waals surface area contributed by atoms with Crippen LogP contribution in [0.1, 0.15) is 44.2 Å². The van der Waals surface area contributed by atoms with Gasteiger partial charge in [0.25, 0.3) is 0 Å². The van der Waals surface area contributed by atoms with E-state index >= 15 is 0 Å². The number of aliphatic hydroxyl groups is 1. The normalized spacial score (nSPS) is 13.5. The molecule has 1 aromatic heterocycles. The van der Waals surface area contributed by atoms with Gasteiger partial charge in [-0.1, -0.05) is 26.7 Å². The molecule has 0 aromatic carbocycles. The van der Waals surface area contributed by atoms with Crippen molar-refractivity contribution in [2.24, 2.45) is 5.92 Å². The molecular formula is C10H17NOS. The molecule has 0 amide bonds. The molecule has 74 valence electrons. The second kappa shape index (κ2) is 5.35. The lowest BCUT2D eigenvalue weighted by atomic mass is 9.96. The van der Waals surface area contributed by atoms with E-state index in [0.717, 1.165) is 24.3 Å². The van der Waals surface area contributed by atoms with Crippen LogP contribution in [0.4, 0.5) is 0 Å². The summed E-state index contributed by atoms with van der Waals surface area (Å²) in [6, 6.07) is 0. The molecule has 0 aliphatic carbocycles. The maximum Gasteiger partial charge on any atom is 0.121 e. The number of aliphatic hydroxyl groups excluding tert-OH is 1. The van der Waals surface area contributed by atoms with Crippen LogP contribution in [0.2, 0.25) is 0 Å². The predicted octanol–water partition coefficient (Wildman–Crippen LogP) is 3.00. The molecule has 1 aromatic rings. The van der Waals surface area contributed by atoms with Gasteiger partial charge in [0.05, 0.1) is 0 Å². The van der Waals surface area contributed by atoms with Crippen molar-refractivity contribution < 1.29 is 5.11 Å². The van der Waals surface area contributed by atoms with Crippen LogP contribution in [0.3, 0.4) is 0 Å². The van der Waals surface area contributed by atoms with Crippen LogP contribution in [0.5, 0.6) is 0 Å². The Morgan fingerprint density at radius 2 is 2.15 bits per heavy atom. The van der Waals surface area contributed by atoms with Crippen molar-refractivity contribution in [1.29, 1.82) is 0 Å². The molecule has 13 heavy (non-hydrogen) atoms. The first-order valence-corrected chi connectivity index (χ1v) is 5.73. The zero-order chi connectivity index (χ0) is 9.68. The van der Waals surface area contributed by atoms with Crippen LogP contribution in [0.15, 0.2) is 11.6 Å². The van der Waals surface area contributed by atoms with Crippen LogP contribution >= 0.6 is 11.3 Å². The maximum absolute atomic E-state index is 9.79. The van der Waals surface area contributed by atoms with Crippen molar-refractivity contribution in [3.63, 3.8) is 0 Å². The van der Waals surface area contributed by atoms with Gasteiger partial charge in [0.1, 0.15) is 11.1 Å². The van der Waals surface area contributed by atoms with Gasteiger partial charge in [-0.25, -0.2) is 4.98 Å². The predicted molar refractivity (Wildman–Crippen MR) is 55.8 cm³/mol. The maximum atomic E-state index is 9.79. The number of aromatic nitrogens is 1. The van der Waals surface area contributed by atoms with Crippen molar-refractivity contribution in [3.05, 3.63) is 16.6 Å². The van der Waals surface area contributed by atoms with Gasteiger partial charge in [-0.15, -0.1) is 11.3 Å². The first kappa shape index (κ1) is 10.7. The average molecular weight is 199 g/mol. The summed E-state index contributed by atoms with van der Waals surface area (Å²) in [5, 5.41) is 12.6. The Morgan fingerprint density at radius 1 is 1.46 bits per heavy atom. The summed E-state index contributed by atoms with van der Waals surface area (Å²) in [5.41, 5.74) is 0. The molecule has 0 aliphatic heterocycles. The van der Waals surface area contributed by atoms with Crippen molar-refractivity contribution in [2.45, 2.75) is 39.2 Å².